The normalized spacial score (nSPS) is 8.58. The van der Waals surface area contributed by atoms with Gasteiger partial charge in [-0.15, -0.1) is 0 Å². The van der Waals surface area contributed by atoms with Crippen LogP contribution in [0, 0.1) is 0 Å². The van der Waals surface area contributed by atoms with Gasteiger partial charge in [-0.2, -0.15) is 0 Å². The molecule has 1 rings (SSSR count). The molecule has 0 heterocycles. The van der Waals surface area contributed by atoms with E-state index in [4.69, 9.17) is 0 Å². The lowest BCUT2D eigenvalue weighted by Gasteiger charge is -1.95. The molecule has 0 N–H and O–H groups in total. The largest absolute Gasteiger partial charge is 0.0928 e. The van der Waals surface area contributed by atoms with Crippen LogP contribution in [0.5, 0.6) is 0 Å². The Balaban J connectivity index is 0.000000561. The molecule has 68 valence electrons. The fourth-order valence-electron chi connectivity index (χ4n) is 0.916. The van der Waals surface area contributed by atoms with E-state index in [9.17, 15) is 0 Å². The van der Waals surface area contributed by atoms with Crippen molar-refractivity contribution in [3.05, 3.63) is 35.9 Å². The molecule has 0 saturated carbocycles. The second kappa shape index (κ2) is 8.79. The highest BCUT2D eigenvalue weighted by Crippen LogP contribution is 2.02. The van der Waals surface area contributed by atoms with Crippen LogP contribution >= 0.6 is 15.9 Å². The molecule has 0 saturated heterocycles. The van der Waals surface area contributed by atoms with Gasteiger partial charge in [-0.05, 0) is 18.4 Å². The van der Waals surface area contributed by atoms with Crippen molar-refractivity contribution in [2.75, 3.05) is 5.33 Å². The average molecular weight is 229 g/mol. The summed E-state index contributed by atoms with van der Waals surface area (Å²) >= 11 is 3.41. The third-order valence-electron chi connectivity index (χ3n) is 1.44. The summed E-state index contributed by atoms with van der Waals surface area (Å²) in [4.78, 5) is 0. The zero-order valence-corrected chi connectivity index (χ0v) is 9.47. The molecule has 1 aromatic rings. The van der Waals surface area contributed by atoms with Crippen LogP contribution in [-0.2, 0) is 6.42 Å². The van der Waals surface area contributed by atoms with E-state index in [0.29, 0.717) is 0 Å². The quantitative estimate of drug-likeness (QED) is 0.686. The van der Waals surface area contributed by atoms with Gasteiger partial charge in [0.05, 0.1) is 0 Å². The van der Waals surface area contributed by atoms with Gasteiger partial charge in [0.15, 0.2) is 0 Å². The molecule has 0 nitrogen and oxygen atoms in total. The van der Waals surface area contributed by atoms with Crippen molar-refractivity contribution in [3.8, 4) is 0 Å². The Morgan fingerprint density at radius 1 is 1.08 bits per heavy atom. The number of alkyl halides is 1. The summed E-state index contributed by atoms with van der Waals surface area (Å²) in [5.41, 5.74) is 1.43. The van der Waals surface area contributed by atoms with Crippen molar-refractivity contribution < 1.29 is 0 Å². The first-order valence-electron chi connectivity index (χ1n) is 4.53. The van der Waals surface area contributed by atoms with Gasteiger partial charge in [-0.1, -0.05) is 60.1 Å². The summed E-state index contributed by atoms with van der Waals surface area (Å²) < 4.78 is 0. The van der Waals surface area contributed by atoms with Gasteiger partial charge in [0.2, 0.25) is 0 Å². The predicted octanol–water partition coefficient (Wildman–Crippen LogP) is 4.04. The Hall–Kier alpha value is -0.300. The van der Waals surface area contributed by atoms with E-state index in [1.165, 1.54) is 18.4 Å². The highest BCUT2D eigenvalue weighted by Gasteiger charge is 1.87. The molecule has 0 bridgehead atoms. The van der Waals surface area contributed by atoms with Gasteiger partial charge in [0.1, 0.15) is 0 Å². The molecule has 12 heavy (non-hydrogen) atoms. The molecule has 0 atom stereocenters. The lowest BCUT2D eigenvalue weighted by molar-refractivity contribution is 0.940. The monoisotopic (exact) mass is 228 g/mol. The summed E-state index contributed by atoms with van der Waals surface area (Å²) in [7, 11) is 0. The molecule has 1 heteroatoms. The zero-order valence-electron chi connectivity index (χ0n) is 7.89. The maximum atomic E-state index is 3.41. The molecule has 0 aliphatic heterocycles. The Morgan fingerprint density at radius 3 is 2.17 bits per heavy atom. The molecule has 0 aliphatic carbocycles. The standard InChI is InChI=1S/C9H11Br.C2H6/c10-8-4-7-9-5-2-1-3-6-9;1-2/h1-3,5-6H,4,7-8H2;1-2H3. The van der Waals surface area contributed by atoms with E-state index < -0.39 is 0 Å². The van der Waals surface area contributed by atoms with Gasteiger partial charge in [0, 0.05) is 5.33 Å². The van der Waals surface area contributed by atoms with Crippen molar-refractivity contribution in [2.45, 2.75) is 26.7 Å². The molecule has 0 amide bonds. The highest BCUT2D eigenvalue weighted by atomic mass is 79.9. The highest BCUT2D eigenvalue weighted by molar-refractivity contribution is 9.09. The second-order valence-electron chi connectivity index (χ2n) is 2.28. The van der Waals surface area contributed by atoms with Crippen molar-refractivity contribution in [1.82, 2.24) is 0 Å². The molecule has 0 radical (unpaired) electrons. The average Bonchev–Trinajstić information content (AvgIpc) is 2.19. The topological polar surface area (TPSA) is 0 Å². The lowest BCUT2D eigenvalue weighted by Crippen LogP contribution is -1.83. The predicted molar refractivity (Wildman–Crippen MR) is 59.9 cm³/mol. The molecule has 0 fully saturated rings. The van der Waals surface area contributed by atoms with Crippen LogP contribution in [0.15, 0.2) is 30.3 Å². The molecule has 0 spiro atoms. The van der Waals surface area contributed by atoms with Crippen LogP contribution in [0.4, 0.5) is 0 Å². The van der Waals surface area contributed by atoms with E-state index >= 15 is 0 Å². The molecular weight excluding hydrogens is 212 g/mol. The molecule has 0 unspecified atom stereocenters. The van der Waals surface area contributed by atoms with E-state index in [0.717, 1.165) is 5.33 Å². The minimum atomic E-state index is 1.10. The fraction of sp³-hybridized carbons (Fsp3) is 0.455. The van der Waals surface area contributed by atoms with E-state index in [2.05, 4.69) is 46.3 Å². The molecule has 0 aliphatic rings. The number of aryl methyl sites for hydroxylation is 1. The minimum Gasteiger partial charge on any atom is -0.0928 e. The maximum absolute atomic E-state index is 3.41. The van der Waals surface area contributed by atoms with Crippen LogP contribution in [0.25, 0.3) is 0 Å². The number of halogens is 1. The molecular formula is C11H17Br. The Kier molecular flexibility index (Phi) is 8.57. The van der Waals surface area contributed by atoms with Crippen molar-refractivity contribution >= 4 is 15.9 Å². The smallest absolute Gasteiger partial charge is 0.00344 e. The third kappa shape index (κ3) is 5.36. The van der Waals surface area contributed by atoms with Crippen LogP contribution in [0.1, 0.15) is 25.8 Å². The second-order valence-corrected chi connectivity index (χ2v) is 3.07. The Morgan fingerprint density at radius 2 is 1.67 bits per heavy atom. The Labute approximate surface area is 84.1 Å². The van der Waals surface area contributed by atoms with Crippen molar-refractivity contribution in [3.63, 3.8) is 0 Å². The molecule has 1 aromatic carbocycles. The molecule has 0 aromatic heterocycles. The Bertz CT molecular complexity index is 170. The fourth-order valence-corrected chi connectivity index (χ4v) is 1.20. The van der Waals surface area contributed by atoms with Crippen LogP contribution < -0.4 is 0 Å². The summed E-state index contributed by atoms with van der Waals surface area (Å²) in [6, 6.07) is 10.6. The number of benzene rings is 1. The summed E-state index contributed by atoms with van der Waals surface area (Å²) in [6.45, 7) is 4.00. The summed E-state index contributed by atoms with van der Waals surface area (Å²) in [5, 5.41) is 1.10. The van der Waals surface area contributed by atoms with Gasteiger partial charge in [-0.3, -0.25) is 0 Å². The van der Waals surface area contributed by atoms with Crippen molar-refractivity contribution in [2.24, 2.45) is 0 Å². The number of hydrogen-bond donors (Lipinski definition) is 0. The number of rotatable bonds is 3. The maximum Gasteiger partial charge on any atom is 0.00344 e. The van der Waals surface area contributed by atoms with Gasteiger partial charge in [0.25, 0.3) is 0 Å². The summed E-state index contributed by atoms with van der Waals surface area (Å²) in [6.07, 6.45) is 2.41. The first kappa shape index (κ1) is 11.7. The van der Waals surface area contributed by atoms with E-state index in [1.54, 1.807) is 0 Å². The van der Waals surface area contributed by atoms with E-state index in [-0.39, 0.29) is 0 Å². The van der Waals surface area contributed by atoms with Crippen LogP contribution in [-0.4, -0.2) is 5.33 Å². The van der Waals surface area contributed by atoms with Gasteiger partial charge >= 0.3 is 0 Å². The first-order chi connectivity index (χ1) is 5.93. The van der Waals surface area contributed by atoms with Crippen LogP contribution in [0.3, 0.4) is 0 Å². The van der Waals surface area contributed by atoms with Gasteiger partial charge < -0.3 is 0 Å². The SMILES string of the molecule is BrCCCc1ccccc1.CC. The third-order valence-corrected chi connectivity index (χ3v) is 2.00. The van der Waals surface area contributed by atoms with E-state index in [1.807, 2.05) is 13.8 Å². The minimum absolute atomic E-state index is 1.10. The lowest BCUT2D eigenvalue weighted by atomic mass is 10.1. The summed E-state index contributed by atoms with van der Waals surface area (Å²) in [5.74, 6) is 0. The first-order valence-corrected chi connectivity index (χ1v) is 5.65. The van der Waals surface area contributed by atoms with Crippen LogP contribution in [0.2, 0.25) is 0 Å². The van der Waals surface area contributed by atoms with Gasteiger partial charge in [-0.25, -0.2) is 0 Å². The zero-order chi connectivity index (χ0) is 9.23. The van der Waals surface area contributed by atoms with Crippen molar-refractivity contribution in [1.29, 1.82) is 0 Å². The number of hydrogen-bond acceptors (Lipinski definition) is 0.